The molecular formula is C18H23N3O4S. The summed E-state index contributed by atoms with van der Waals surface area (Å²) >= 11 is 1.20. The molecule has 0 saturated heterocycles. The van der Waals surface area contributed by atoms with Crippen molar-refractivity contribution in [1.29, 1.82) is 0 Å². The highest BCUT2D eigenvalue weighted by Gasteiger charge is 2.16. The van der Waals surface area contributed by atoms with Crippen molar-refractivity contribution in [2.45, 2.75) is 27.2 Å². The van der Waals surface area contributed by atoms with E-state index in [4.69, 9.17) is 14.2 Å². The lowest BCUT2D eigenvalue weighted by atomic mass is 10.2. The van der Waals surface area contributed by atoms with Gasteiger partial charge in [-0.2, -0.15) is 5.10 Å². The van der Waals surface area contributed by atoms with Gasteiger partial charge in [0, 0.05) is 5.56 Å². The summed E-state index contributed by atoms with van der Waals surface area (Å²) in [5.74, 6) is 0.921. The first-order valence-electron chi connectivity index (χ1n) is 8.34. The van der Waals surface area contributed by atoms with Crippen LogP contribution in [0.4, 0.5) is 5.13 Å². The van der Waals surface area contributed by atoms with Crippen LogP contribution >= 0.6 is 11.3 Å². The second kappa shape index (κ2) is 9.76. The number of esters is 1. The minimum atomic E-state index is -0.373. The van der Waals surface area contributed by atoms with Crippen LogP contribution in [0.25, 0.3) is 0 Å². The number of ether oxygens (including phenoxy) is 3. The molecule has 0 unspecified atom stereocenters. The summed E-state index contributed by atoms with van der Waals surface area (Å²) < 4.78 is 16.1. The van der Waals surface area contributed by atoms with Gasteiger partial charge in [-0.3, -0.25) is 5.43 Å². The van der Waals surface area contributed by atoms with Crippen LogP contribution in [0.5, 0.6) is 11.5 Å². The van der Waals surface area contributed by atoms with Gasteiger partial charge >= 0.3 is 5.97 Å². The Hall–Kier alpha value is -2.61. The Labute approximate surface area is 157 Å². The number of hydrogen-bond donors (Lipinski definition) is 1. The normalized spacial score (nSPS) is 10.8. The third-order valence-electron chi connectivity index (χ3n) is 3.30. The zero-order valence-electron chi connectivity index (χ0n) is 15.4. The summed E-state index contributed by atoms with van der Waals surface area (Å²) in [6.07, 6.45) is 2.52. The van der Waals surface area contributed by atoms with Gasteiger partial charge in [0.2, 0.25) is 5.13 Å². The molecule has 0 aliphatic rings. The highest BCUT2D eigenvalue weighted by atomic mass is 32.1. The average molecular weight is 377 g/mol. The molecule has 2 rings (SSSR count). The molecule has 0 aliphatic heterocycles. The van der Waals surface area contributed by atoms with Crippen LogP contribution in [0, 0.1) is 6.92 Å². The zero-order valence-corrected chi connectivity index (χ0v) is 16.2. The number of benzene rings is 1. The smallest absolute Gasteiger partial charge is 0.350 e. The number of anilines is 1. The fourth-order valence-electron chi connectivity index (χ4n) is 2.14. The van der Waals surface area contributed by atoms with Crippen molar-refractivity contribution in [2.75, 3.05) is 25.7 Å². The molecule has 0 aliphatic carbocycles. The molecule has 2 aromatic rings. The van der Waals surface area contributed by atoms with Gasteiger partial charge in [-0.05, 0) is 32.4 Å². The molecule has 0 fully saturated rings. The van der Waals surface area contributed by atoms with Crippen molar-refractivity contribution in [3.63, 3.8) is 0 Å². The van der Waals surface area contributed by atoms with Crippen LogP contribution in [0.1, 0.15) is 41.2 Å². The first kappa shape index (κ1) is 19.7. The lowest BCUT2D eigenvalue weighted by Gasteiger charge is -2.12. The van der Waals surface area contributed by atoms with E-state index >= 15 is 0 Å². The standard InChI is InChI=1S/C18H23N3O4S/c1-5-10-25-15-13(8-7-9-14(15)23-4)11-19-21-18-20-12(3)16(26-18)17(22)24-6-2/h7-9,11H,5-6,10H2,1-4H3,(H,20,21)/b19-11-. The Kier molecular flexibility index (Phi) is 7.40. The van der Waals surface area contributed by atoms with Crippen molar-refractivity contribution < 1.29 is 19.0 Å². The number of para-hydroxylation sites is 1. The Morgan fingerprint density at radius 2 is 2.19 bits per heavy atom. The van der Waals surface area contributed by atoms with Gasteiger partial charge in [-0.15, -0.1) is 0 Å². The second-order valence-electron chi connectivity index (χ2n) is 5.25. The molecule has 0 saturated carbocycles. The molecule has 140 valence electrons. The molecule has 0 atom stereocenters. The van der Waals surface area contributed by atoms with Crippen LogP contribution in [0.2, 0.25) is 0 Å². The lowest BCUT2D eigenvalue weighted by molar-refractivity contribution is 0.0531. The van der Waals surface area contributed by atoms with Gasteiger partial charge in [0.05, 0.1) is 32.2 Å². The molecule has 1 aromatic carbocycles. The van der Waals surface area contributed by atoms with Crippen LogP contribution in [0.15, 0.2) is 23.3 Å². The van der Waals surface area contributed by atoms with Crippen LogP contribution in [-0.4, -0.2) is 37.5 Å². The minimum absolute atomic E-state index is 0.327. The van der Waals surface area contributed by atoms with Gasteiger partial charge < -0.3 is 14.2 Å². The number of aryl methyl sites for hydroxylation is 1. The molecule has 0 radical (unpaired) electrons. The maximum Gasteiger partial charge on any atom is 0.350 e. The maximum absolute atomic E-state index is 11.8. The topological polar surface area (TPSA) is 82.0 Å². The second-order valence-corrected chi connectivity index (χ2v) is 6.25. The highest BCUT2D eigenvalue weighted by molar-refractivity contribution is 7.17. The summed E-state index contributed by atoms with van der Waals surface area (Å²) in [5.41, 5.74) is 4.24. The molecule has 8 heteroatoms. The van der Waals surface area contributed by atoms with E-state index < -0.39 is 0 Å². The van der Waals surface area contributed by atoms with Crippen LogP contribution in [0.3, 0.4) is 0 Å². The number of thiazole rings is 1. The predicted octanol–water partition coefficient (Wildman–Crippen LogP) is 3.87. The van der Waals surface area contributed by atoms with Gasteiger partial charge in [0.15, 0.2) is 11.5 Å². The van der Waals surface area contributed by atoms with E-state index in [9.17, 15) is 4.79 Å². The Balaban J connectivity index is 2.13. The van der Waals surface area contributed by atoms with Gasteiger partial charge in [0.1, 0.15) is 4.88 Å². The molecule has 26 heavy (non-hydrogen) atoms. The summed E-state index contributed by atoms with van der Waals surface area (Å²) in [6.45, 7) is 6.48. The van der Waals surface area contributed by atoms with Gasteiger partial charge in [-0.1, -0.05) is 24.3 Å². The average Bonchev–Trinajstić information content (AvgIpc) is 3.01. The SMILES string of the molecule is CCCOc1c(/C=N\Nc2nc(C)c(C(=O)OCC)s2)cccc1OC. The maximum atomic E-state index is 11.8. The monoisotopic (exact) mass is 377 g/mol. The molecule has 0 spiro atoms. The van der Waals surface area contributed by atoms with E-state index in [1.807, 2.05) is 25.1 Å². The van der Waals surface area contributed by atoms with Crippen LogP contribution < -0.4 is 14.9 Å². The zero-order chi connectivity index (χ0) is 18.9. The number of hydrazone groups is 1. The number of nitrogens with zero attached hydrogens (tertiary/aromatic N) is 2. The summed E-state index contributed by atoms with van der Waals surface area (Å²) in [6, 6.07) is 5.59. The van der Waals surface area contributed by atoms with Crippen molar-refractivity contribution in [2.24, 2.45) is 5.10 Å². The molecule has 0 bridgehead atoms. The number of rotatable bonds is 9. The summed E-state index contributed by atoms with van der Waals surface area (Å²) in [7, 11) is 1.60. The molecule has 1 heterocycles. The fourth-order valence-corrected chi connectivity index (χ4v) is 2.95. The van der Waals surface area contributed by atoms with Crippen LogP contribution in [-0.2, 0) is 4.74 Å². The predicted molar refractivity (Wildman–Crippen MR) is 103 cm³/mol. The summed E-state index contributed by atoms with van der Waals surface area (Å²) in [4.78, 5) is 16.6. The Morgan fingerprint density at radius 1 is 1.38 bits per heavy atom. The fraction of sp³-hybridized carbons (Fsp3) is 0.389. The first-order valence-corrected chi connectivity index (χ1v) is 9.15. The van der Waals surface area contributed by atoms with E-state index in [1.54, 1.807) is 27.2 Å². The van der Waals surface area contributed by atoms with E-state index in [1.165, 1.54) is 11.3 Å². The quantitative estimate of drug-likeness (QED) is 0.406. The van der Waals surface area contributed by atoms with E-state index in [0.717, 1.165) is 12.0 Å². The van der Waals surface area contributed by atoms with E-state index in [0.29, 0.717) is 40.4 Å². The molecule has 7 nitrogen and oxygen atoms in total. The number of nitrogens with one attached hydrogen (secondary N) is 1. The van der Waals surface area contributed by atoms with E-state index in [-0.39, 0.29) is 5.97 Å². The van der Waals surface area contributed by atoms with Gasteiger partial charge in [0.25, 0.3) is 0 Å². The molecule has 1 aromatic heterocycles. The third-order valence-corrected chi connectivity index (χ3v) is 4.34. The number of methoxy groups -OCH3 is 1. The number of aromatic nitrogens is 1. The molecule has 0 amide bonds. The summed E-state index contributed by atoms with van der Waals surface area (Å²) in [5, 5.41) is 4.72. The Bertz CT molecular complexity index is 774. The minimum Gasteiger partial charge on any atom is -0.493 e. The van der Waals surface area contributed by atoms with Crippen molar-refractivity contribution in [3.8, 4) is 11.5 Å². The highest BCUT2D eigenvalue weighted by Crippen LogP contribution is 2.30. The first-order chi connectivity index (χ1) is 12.6. The van der Waals surface area contributed by atoms with E-state index in [2.05, 4.69) is 15.5 Å². The number of carbonyl (C=O) groups excluding carboxylic acids is 1. The Morgan fingerprint density at radius 3 is 2.88 bits per heavy atom. The molecule has 1 N–H and O–H groups in total. The van der Waals surface area contributed by atoms with Crippen molar-refractivity contribution in [1.82, 2.24) is 4.98 Å². The third kappa shape index (κ3) is 4.95. The molecular weight excluding hydrogens is 354 g/mol. The van der Waals surface area contributed by atoms with Gasteiger partial charge in [-0.25, -0.2) is 9.78 Å². The number of hydrogen-bond acceptors (Lipinski definition) is 8. The largest absolute Gasteiger partial charge is 0.493 e. The van der Waals surface area contributed by atoms with Crippen molar-refractivity contribution in [3.05, 3.63) is 34.3 Å². The lowest BCUT2D eigenvalue weighted by Crippen LogP contribution is -2.03. The van der Waals surface area contributed by atoms with Crippen molar-refractivity contribution >= 4 is 28.7 Å². The number of carbonyl (C=O) groups is 1.